The van der Waals surface area contributed by atoms with Gasteiger partial charge in [-0.05, 0) is 71.9 Å². The van der Waals surface area contributed by atoms with Crippen LogP contribution >= 0.6 is 11.8 Å². The van der Waals surface area contributed by atoms with Crippen molar-refractivity contribution in [1.82, 2.24) is 20.9 Å². The monoisotopic (exact) mass is 661 g/mol. The lowest BCUT2D eigenvalue weighted by Gasteiger charge is -2.25. The van der Waals surface area contributed by atoms with Gasteiger partial charge >= 0.3 is 5.97 Å². The minimum Gasteiger partial charge on any atom is -0.508 e. The Balaban J connectivity index is 1.49. The van der Waals surface area contributed by atoms with Crippen LogP contribution in [0.25, 0.3) is 10.9 Å². The Kier molecular flexibility index (Phi) is 12.3. The zero-order chi connectivity index (χ0) is 33.9. The van der Waals surface area contributed by atoms with Gasteiger partial charge in [-0.25, -0.2) is 4.79 Å². The maximum absolute atomic E-state index is 13.7. The SMILES string of the molecule is CSCCC(NC(=O)C(Cc1ccc(O)cc1)NC(=O)C(N)Cc1c[nH]c2ccccc12)C(=O)NC(Cc1ccc(O)cc1)C(=O)O. The average Bonchev–Trinajstić information content (AvgIpc) is 3.46. The van der Waals surface area contributed by atoms with Crippen LogP contribution in [-0.2, 0) is 38.4 Å². The lowest BCUT2D eigenvalue weighted by atomic mass is 10.0. The van der Waals surface area contributed by atoms with E-state index in [-0.39, 0.29) is 37.2 Å². The molecule has 0 aliphatic heterocycles. The number of para-hydroxylation sites is 1. The van der Waals surface area contributed by atoms with Gasteiger partial charge in [0.25, 0.3) is 0 Å². The molecule has 9 N–H and O–H groups in total. The predicted octanol–water partition coefficient (Wildman–Crippen LogP) is 2.23. The summed E-state index contributed by atoms with van der Waals surface area (Å²) in [5.41, 5.74) is 9.27. The van der Waals surface area contributed by atoms with Gasteiger partial charge in [0.05, 0.1) is 6.04 Å². The number of aromatic amines is 1. The molecule has 4 rings (SSSR count). The number of aromatic hydroxyl groups is 2. The van der Waals surface area contributed by atoms with E-state index in [1.165, 1.54) is 36.0 Å². The molecule has 4 aromatic rings. The molecule has 0 saturated carbocycles. The summed E-state index contributed by atoms with van der Waals surface area (Å²) in [4.78, 5) is 55.7. The molecule has 248 valence electrons. The van der Waals surface area contributed by atoms with E-state index in [9.17, 15) is 34.5 Å². The number of hydrogen-bond acceptors (Lipinski definition) is 8. The number of hydrogen-bond donors (Lipinski definition) is 8. The van der Waals surface area contributed by atoms with E-state index in [2.05, 4.69) is 20.9 Å². The molecule has 13 heteroatoms. The Hall–Kier alpha value is -5.01. The van der Waals surface area contributed by atoms with Gasteiger partial charge < -0.3 is 42.0 Å². The zero-order valence-electron chi connectivity index (χ0n) is 25.8. The van der Waals surface area contributed by atoms with Crippen molar-refractivity contribution in [2.24, 2.45) is 5.73 Å². The van der Waals surface area contributed by atoms with Crippen LogP contribution in [-0.4, -0.2) is 80.2 Å². The summed E-state index contributed by atoms with van der Waals surface area (Å²) in [6.07, 6.45) is 4.03. The first-order valence-electron chi connectivity index (χ1n) is 15.0. The van der Waals surface area contributed by atoms with Gasteiger partial charge in [-0.15, -0.1) is 0 Å². The minimum atomic E-state index is -1.30. The summed E-state index contributed by atoms with van der Waals surface area (Å²) >= 11 is 1.45. The van der Waals surface area contributed by atoms with E-state index >= 15 is 0 Å². The average molecular weight is 662 g/mol. The van der Waals surface area contributed by atoms with Crippen molar-refractivity contribution in [2.45, 2.75) is 49.9 Å². The van der Waals surface area contributed by atoms with Crippen molar-refractivity contribution in [1.29, 1.82) is 0 Å². The number of nitrogens with two attached hydrogens (primary N) is 1. The van der Waals surface area contributed by atoms with E-state index in [1.54, 1.807) is 30.5 Å². The van der Waals surface area contributed by atoms with Crippen LogP contribution < -0.4 is 21.7 Å². The molecule has 0 aliphatic carbocycles. The number of phenols is 2. The highest BCUT2D eigenvalue weighted by Gasteiger charge is 2.31. The smallest absolute Gasteiger partial charge is 0.326 e. The number of amides is 3. The van der Waals surface area contributed by atoms with E-state index in [1.807, 2.05) is 30.5 Å². The largest absolute Gasteiger partial charge is 0.508 e. The second-order valence-electron chi connectivity index (χ2n) is 11.2. The highest BCUT2D eigenvalue weighted by atomic mass is 32.2. The number of carbonyl (C=O) groups excluding carboxylic acids is 3. The number of carboxylic acids is 1. The Morgan fingerprint density at radius 1 is 0.745 bits per heavy atom. The molecule has 0 radical (unpaired) electrons. The maximum atomic E-state index is 13.7. The quantitative estimate of drug-likeness (QED) is 0.0885. The number of nitrogens with one attached hydrogen (secondary N) is 4. The number of H-pyrrole nitrogens is 1. The van der Waals surface area contributed by atoms with E-state index in [0.717, 1.165) is 16.5 Å². The fraction of sp³-hybridized carbons (Fsp3) is 0.294. The molecule has 47 heavy (non-hydrogen) atoms. The minimum absolute atomic E-state index is 0.0253. The molecule has 1 aromatic heterocycles. The summed E-state index contributed by atoms with van der Waals surface area (Å²) in [6, 6.07) is 15.2. The number of fused-ring (bicyclic) bond motifs is 1. The molecule has 3 amide bonds. The summed E-state index contributed by atoms with van der Waals surface area (Å²) in [7, 11) is 0. The standard InChI is InChI=1S/C34H39N5O7S/c1-47-15-14-28(32(43)39-30(34(45)46)17-21-8-12-24(41)13-9-21)37-33(44)29(16-20-6-10-23(40)11-7-20)38-31(42)26(35)18-22-19-36-27-5-3-2-4-25(22)27/h2-13,19,26,28-30,36,40-41H,14-18,35H2,1H3,(H,37,44)(H,38,42)(H,39,43)(H,45,46). The number of carboxylic acid groups (broad SMARTS) is 1. The lowest BCUT2D eigenvalue weighted by Crippen LogP contribution is -2.58. The van der Waals surface area contributed by atoms with Crippen LogP contribution in [0.4, 0.5) is 0 Å². The second-order valence-corrected chi connectivity index (χ2v) is 12.2. The number of aliphatic carboxylic acids is 1. The van der Waals surface area contributed by atoms with Crippen LogP contribution in [0.15, 0.2) is 79.0 Å². The number of aromatic nitrogens is 1. The van der Waals surface area contributed by atoms with Gasteiger partial charge in [-0.3, -0.25) is 14.4 Å². The van der Waals surface area contributed by atoms with Crippen LogP contribution in [0.5, 0.6) is 11.5 Å². The highest BCUT2D eigenvalue weighted by molar-refractivity contribution is 7.98. The third-order valence-electron chi connectivity index (χ3n) is 7.70. The molecule has 12 nitrogen and oxygen atoms in total. The predicted molar refractivity (Wildman–Crippen MR) is 180 cm³/mol. The third-order valence-corrected chi connectivity index (χ3v) is 8.34. The first-order valence-corrected chi connectivity index (χ1v) is 16.4. The van der Waals surface area contributed by atoms with E-state index in [4.69, 9.17) is 5.73 Å². The Bertz CT molecular complexity index is 1680. The molecule has 1 heterocycles. The van der Waals surface area contributed by atoms with Crippen molar-refractivity contribution in [3.8, 4) is 11.5 Å². The van der Waals surface area contributed by atoms with Gasteiger partial charge in [-0.2, -0.15) is 11.8 Å². The highest BCUT2D eigenvalue weighted by Crippen LogP contribution is 2.19. The third kappa shape index (κ3) is 9.99. The first-order chi connectivity index (χ1) is 22.5. The van der Waals surface area contributed by atoms with Gasteiger partial charge in [-0.1, -0.05) is 42.5 Å². The lowest BCUT2D eigenvalue weighted by molar-refractivity contribution is -0.142. The van der Waals surface area contributed by atoms with E-state index < -0.39 is 47.9 Å². The molecule has 4 atom stereocenters. The topological polar surface area (TPSA) is 207 Å². The molecule has 0 bridgehead atoms. The number of benzene rings is 3. The normalized spacial score (nSPS) is 13.7. The van der Waals surface area contributed by atoms with Gasteiger partial charge in [0.1, 0.15) is 29.6 Å². The number of thioether (sulfide) groups is 1. The molecular formula is C34H39N5O7S. The molecule has 0 fully saturated rings. The van der Waals surface area contributed by atoms with Crippen molar-refractivity contribution < 1.29 is 34.5 Å². The summed E-state index contributed by atoms with van der Waals surface area (Å²) in [5, 5.41) is 38.0. The molecule has 0 saturated heterocycles. The molecule has 4 unspecified atom stereocenters. The fourth-order valence-electron chi connectivity index (χ4n) is 5.10. The van der Waals surface area contributed by atoms with Crippen LogP contribution in [0, 0.1) is 0 Å². The summed E-state index contributed by atoms with van der Waals surface area (Å²) < 4.78 is 0. The number of phenolic OH excluding ortho intramolecular Hbond substituents is 2. The van der Waals surface area contributed by atoms with Gasteiger partial charge in [0.15, 0.2) is 0 Å². The van der Waals surface area contributed by atoms with Gasteiger partial charge in [0, 0.05) is 29.9 Å². The van der Waals surface area contributed by atoms with Crippen molar-refractivity contribution >= 4 is 46.4 Å². The van der Waals surface area contributed by atoms with Crippen molar-refractivity contribution in [2.75, 3.05) is 12.0 Å². The van der Waals surface area contributed by atoms with Crippen LogP contribution in [0.3, 0.4) is 0 Å². The van der Waals surface area contributed by atoms with Crippen molar-refractivity contribution in [3.63, 3.8) is 0 Å². The second kappa shape index (κ2) is 16.5. The molecule has 0 spiro atoms. The van der Waals surface area contributed by atoms with E-state index in [0.29, 0.717) is 16.9 Å². The number of carbonyl (C=O) groups is 4. The van der Waals surface area contributed by atoms with Crippen molar-refractivity contribution in [3.05, 3.63) is 95.7 Å². The van der Waals surface area contributed by atoms with Crippen LogP contribution in [0.1, 0.15) is 23.1 Å². The Morgan fingerprint density at radius 3 is 1.87 bits per heavy atom. The molecule has 3 aromatic carbocycles. The Morgan fingerprint density at radius 2 is 1.28 bits per heavy atom. The fourth-order valence-corrected chi connectivity index (χ4v) is 5.57. The Labute approximate surface area is 276 Å². The number of rotatable bonds is 16. The van der Waals surface area contributed by atoms with Gasteiger partial charge in [0.2, 0.25) is 17.7 Å². The first kappa shape index (κ1) is 34.9. The summed E-state index contributed by atoms with van der Waals surface area (Å²) in [5.74, 6) is -2.63. The van der Waals surface area contributed by atoms with Crippen LogP contribution in [0.2, 0.25) is 0 Å². The maximum Gasteiger partial charge on any atom is 0.326 e. The zero-order valence-corrected chi connectivity index (χ0v) is 26.6. The molecule has 0 aliphatic rings. The molecular weight excluding hydrogens is 622 g/mol. The summed E-state index contributed by atoms with van der Waals surface area (Å²) in [6.45, 7) is 0.